The minimum absolute atomic E-state index is 0.0151. The van der Waals surface area contributed by atoms with Crippen LogP contribution in [-0.4, -0.2) is 64.5 Å². The number of para-hydroxylation sites is 2. The van der Waals surface area contributed by atoms with Gasteiger partial charge in [-0.15, -0.1) is 0 Å². The Kier molecular flexibility index (Phi) is 9.38. The van der Waals surface area contributed by atoms with E-state index in [4.69, 9.17) is 32.7 Å². The van der Waals surface area contributed by atoms with Gasteiger partial charge in [0.1, 0.15) is 5.75 Å². The Morgan fingerprint density at radius 2 is 1.71 bits per heavy atom. The molecule has 3 amide bonds. The Hall–Kier alpha value is -3.66. The Labute approximate surface area is 249 Å². The molecule has 3 aromatic rings. The molecule has 2 saturated heterocycles. The number of halogens is 2. The van der Waals surface area contributed by atoms with Crippen molar-refractivity contribution in [1.29, 1.82) is 0 Å². The summed E-state index contributed by atoms with van der Waals surface area (Å²) in [6.07, 6.45) is 1.93. The molecular formula is C30H33Cl2N5O4. The summed E-state index contributed by atoms with van der Waals surface area (Å²) in [6.45, 7) is 4.11. The SMILES string of the molecule is COc1ccccc1N1CCN(c2ccc(NC(=O)Nc3cccc(Cl)c3Cl)cc2C(=O)NCC2CCCO2)CC1. The van der Waals surface area contributed by atoms with Crippen molar-refractivity contribution in [3.8, 4) is 5.75 Å². The van der Waals surface area contributed by atoms with E-state index >= 15 is 0 Å². The molecule has 3 aromatic carbocycles. The first-order valence-electron chi connectivity index (χ1n) is 13.6. The van der Waals surface area contributed by atoms with Gasteiger partial charge >= 0.3 is 6.03 Å². The molecule has 11 heteroatoms. The van der Waals surface area contributed by atoms with Crippen LogP contribution in [0.25, 0.3) is 0 Å². The molecule has 0 aliphatic carbocycles. The van der Waals surface area contributed by atoms with Gasteiger partial charge in [0.25, 0.3) is 5.91 Å². The zero-order valence-corrected chi connectivity index (χ0v) is 24.3. The molecular weight excluding hydrogens is 565 g/mol. The maximum Gasteiger partial charge on any atom is 0.323 e. The topological polar surface area (TPSA) is 95.2 Å². The van der Waals surface area contributed by atoms with E-state index in [2.05, 4.69) is 31.8 Å². The molecule has 5 rings (SSSR count). The summed E-state index contributed by atoms with van der Waals surface area (Å²) in [6, 6.07) is 17.8. The quantitative estimate of drug-likeness (QED) is 0.300. The van der Waals surface area contributed by atoms with E-state index in [1.165, 1.54) is 0 Å². The van der Waals surface area contributed by atoms with E-state index in [1.54, 1.807) is 37.4 Å². The second-order valence-electron chi connectivity index (χ2n) is 9.90. The predicted molar refractivity (Wildman–Crippen MR) is 164 cm³/mol. The predicted octanol–water partition coefficient (Wildman–Crippen LogP) is 5.88. The van der Waals surface area contributed by atoms with Crippen molar-refractivity contribution in [2.75, 3.05) is 66.9 Å². The second-order valence-corrected chi connectivity index (χ2v) is 10.7. The molecule has 2 fully saturated rings. The third-order valence-electron chi connectivity index (χ3n) is 7.26. The van der Waals surface area contributed by atoms with Gasteiger partial charge in [0.2, 0.25) is 0 Å². The molecule has 0 radical (unpaired) electrons. The number of urea groups is 1. The van der Waals surface area contributed by atoms with E-state index in [9.17, 15) is 9.59 Å². The number of nitrogens with zero attached hydrogens (tertiary/aromatic N) is 2. The number of carbonyl (C=O) groups excluding carboxylic acids is 2. The van der Waals surface area contributed by atoms with E-state index < -0.39 is 6.03 Å². The number of anilines is 4. The number of carbonyl (C=O) groups is 2. The summed E-state index contributed by atoms with van der Waals surface area (Å²) in [5.41, 5.74) is 3.19. The van der Waals surface area contributed by atoms with Crippen molar-refractivity contribution >= 4 is 57.9 Å². The van der Waals surface area contributed by atoms with Crippen LogP contribution in [0.5, 0.6) is 5.75 Å². The van der Waals surface area contributed by atoms with Crippen LogP contribution in [0.2, 0.25) is 10.0 Å². The zero-order valence-electron chi connectivity index (χ0n) is 22.8. The third-order valence-corrected chi connectivity index (χ3v) is 8.08. The van der Waals surface area contributed by atoms with E-state index in [1.807, 2.05) is 24.3 Å². The number of piperazine rings is 1. The molecule has 0 bridgehead atoms. The number of nitrogens with one attached hydrogen (secondary N) is 3. The number of methoxy groups -OCH3 is 1. The molecule has 0 spiro atoms. The number of benzene rings is 3. The van der Waals surface area contributed by atoms with Gasteiger partial charge in [0.05, 0.1) is 40.2 Å². The fourth-order valence-electron chi connectivity index (χ4n) is 5.14. The van der Waals surface area contributed by atoms with Crippen LogP contribution >= 0.6 is 23.2 Å². The summed E-state index contributed by atoms with van der Waals surface area (Å²) >= 11 is 12.3. The second kappa shape index (κ2) is 13.3. The Morgan fingerprint density at radius 3 is 2.44 bits per heavy atom. The van der Waals surface area contributed by atoms with Crippen molar-refractivity contribution in [2.24, 2.45) is 0 Å². The summed E-state index contributed by atoms with van der Waals surface area (Å²) in [4.78, 5) is 30.7. The summed E-state index contributed by atoms with van der Waals surface area (Å²) in [5.74, 6) is 0.618. The van der Waals surface area contributed by atoms with E-state index in [0.717, 1.165) is 43.1 Å². The first-order chi connectivity index (χ1) is 19.9. The van der Waals surface area contributed by atoms with Crippen molar-refractivity contribution in [3.05, 3.63) is 76.3 Å². The molecule has 0 saturated carbocycles. The first-order valence-corrected chi connectivity index (χ1v) is 14.4. The number of hydrogen-bond donors (Lipinski definition) is 3. The molecule has 3 N–H and O–H groups in total. The molecule has 1 atom stereocenters. The van der Waals surface area contributed by atoms with Gasteiger partial charge in [-0.3, -0.25) is 4.79 Å². The standard InChI is InChI=1S/C30H33Cl2N5O4/c1-40-27-10-3-2-9-26(27)37-15-13-36(14-16-37)25-12-11-20(18-22(25)29(38)33-19-21-6-5-17-41-21)34-30(39)35-24-8-4-7-23(31)28(24)32/h2-4,7-12,18,21H,5-6,13-17,19H2,1H3,(H,33,38)(H2,34,35,39). The third kappa shape index (κ3) is 6.98. The van der Waals surface area contributed by atoms with Gasteiger partial charge in [-0.25, -0.2) is 4.79 Å². The zero-order chi connectivity index (χ0) is 28.8. The molecule has 2 aliphatic rings. The van der Waals surface area contributed by atoms with Gasteiger partial charge in [0.15, 0.2) is 0 Å². The minimum Gasteiger partial charge on any atom is -0.495 e. The highest BCUT2D eigenvalue weighted by atomic mass is 35.5. The number of ether oxygens (including phenoxy) is 2. The minimum atomic E-state index is -0.502. The van der Waals surface area contributed by atoms with E-state index in [-0.39, 0.29) is 17.0 Å². The lowest BCUT2D eigenvalue weighted by molar-refractivity contribution is 0.0858. The lowest BCUT2D eigenvalue weighted by atomic mass is 10.1. The van der Waals surface area contributed by atoms with Gasteiger partial charge in [-0.2, -0.15) is 0 Å². The lowest BCUT2D eigenvalue weighted by Gasteiger charge is -2.38. The van der Waals surface area contributed by atoms with Crippen LogP contribution in [0.1, 0.15) is 23.2 Å². The maximum absolute atomic E-state index is 13.5. The van der Waals surface area contributed by atoms with Crippen molar-refractivity contribution in [1.82, 2.24) is 5.32 Å². The van der Waals surface area contributed by atoms with Crippen LogP contribution in [0.15, 0.2) is 60.7 Å². The van der Waals surface area contributed by atoms with E-state index in [0.29, 0.717) is 48.2 Å². The lowest BCUT2D eigenvalue weighted by Crippen LogP contribution is -2.47. The van der Waals surface area contributed by atoms with Crippen LogP contribution in [0, 0.1) is 0 Å². The first kappa shape index (κ1) is 28.9. The molecule has 41 heavy (non-hydrogen) atoms. The Bertz CT molecular complexity index is 1390. The number of rotatable bonds is 8. The molecule has 216 valence electrons. The van der Waals surface area contributed by atoms with Crippen LogP contribution in [0.4, 0.5) is 27.5 Å². The average molecular weight is 599 g/mol. The normalized spacial score (nSPS) is 16.8. The fourth-order valence-corrected chi connectivity index (χ4v) is 5.49. The smallest absolute Gasteiger partial charge is 0.323 e. The highest BCUT2D eigenvalue weighted by molar-refractivity contribution is 6.44. The van der Waals surface area contributed by atoms with Gasteiger partial charge in [-0.1, -0.05) is 41.4 Å². The summed E-state index contributed by atoms with van der Waals surface area (Å²) in [7, 11) is 1.68. The molecule has 2 heterocycles. The fraction of sp³-hybridized carbons (Fsp3) is 0.333. The van der Waals surface area contributed by atoms with Gasteiger partial charge in [0, 0.05) is 50.7 Å². The number of amides is 3. The summed E-state index contributed by atoms with van der Waals surface area (Å²) < 4.78 is 11.2. The van der Waals surface area contributed by atoms with Crippen LogP contribution in [-0.2, 0) is 4.74 Å². The van der Waals surface area contributed by atoms with Crippen molar-refractivity contribution in [3.63, 3.8) is 0 Å². The largest absolute Gasteiger partial charge is 0.495 e. The molecule has 9 nitrogen and oxygen atoms in total. The Balaban J connectivity index is 1.32. The molecule has 0 aromatic heterocycles. The van der Waals surface area contributed by atoms with Crippen LogP contribution < -0.4 is 30.5 Å². The molecule has 2 aliphatic heterocycles. The average Bonchev–Trinajstić information content (AvgIpc) is 3.52. The van der Waals surface area contributed by atoms with Crippen LogP contribution in [0.3, 0.4) is 0 Å². The van der Waals surface area contributed by atoms with Gasteiger partial charge in [-0.05, 0) is 55.3 Å². The highest BCUT2D eigenvalue weighted by Gasteiger charge is 2.25. The van der Waals surface area contributed by atoms with Crippen molar-refractivity contribution in [2.45, 2.75) is 18.9 Å². The summed E-state index contributed by atoms with van der Waals surface area (Å²) in [5, 5.41) is 9.13. The molecule has 1 unspecified atom stereocenters. The van der Waals surface area contributed by atoms with Crippen molar-refractivity contribution < 1.29 is 19.1 Å². The number of hydrogen-bond acceptors (Lipinski definition) is 6. The Morgan fingerprint density at radius 1 is 0.951 bits per heavy atom. The highest BCUT2D eigenvalue weighted by Crippen LogP contribution is 2.32. The maximum atomic E-state index is 13.5. The monoisotopic (exact) mass is 597 g/mol. The van der Waals surface area contributed by atoms with Gasteiger partial charge < -0.3 is 35.2 Å².